The van der Waals surface area contributed by atoms with Crippen molar-refractivity contribution in [2.75, 3.05) is 6.61 Å². The Morgan fingerprint density at radius 2 is 2.11 bits per heavy atom. The van der Waals surface area contributed by atoms with Crippen molar-refractivity contribution >= 4 is 23.5 Å². The molecule has 0 bridgehead atoms. The van der Waals surface area contributed by atoms with Gasteiger partial charge in [-0.25, -0.2) is 4.99 Å². The summed E-state index contributed by atoms with van der Waals surface area (Å²) >= 11 is 5.89. The highest BCUT2D eigenvalue weighted by Crippen LogP contribution is 2.29. The number of aliphatic hydroxyl groups is 1. The summed E-state index contributed by atoms with van der Waals surface area (Å²) in [5.41, 5.74) is 8.27. The Hall–Kier alpha value is -1.98. The number of rotatable bonds is 2. The zero-order valence-electron chi connectivity index (χ0n) is 10.0. The van der Waals surface area contributed by atoms with Crippen molar-refractivity contribution in [2.45, 2.75) is 6.17 Å². The third-order valence-electron chi connectivity index (χ3n) is 3.11. The van der Waals surface area contributed by atoms with Gasteiger partial charge in [-0.1, -0.05) is 23.7 Å². The molecule has 0 amide bonds. The molecule has 19 heavy (non-hydrogen) atoms. The zero-order valence-corrected chi connectivity index (χ0v) is 10.8. The molecule has 0 aliphatic carbocycles. The molecule has 2 aliphatic heterocycles. The van der Waals surface area contributed by atoms with Crippen molar-refractivity contribution < 1.29 is 5.11 Å². The Bertz CT molecular complexity index is 591. The summed E-state index contributed by atoms with van der Waals surface area (Å²) < 4.78 is 0. The standard InChI is InChI=1S/C13H13ClN4O/c14-9-3-1-8(2-4-9)13-10(7-19)18-6-11(15)16-5-12(18)17-13/h1-6,12,17,19H,7,15H2. The topological polar surface area (TPSA) is 73.9 Å². The van der Waals surface area contributed by atoms with Gasteiger partial charge in [0.05, 0.1) is 18.0 Å². The number of hydrogen-bond donors (Lipinski definition) is 3. The number of hydrogen-bond acceptors (Lipinski definition) is 5. The maximum Gasteiger partial charge on any atom is 0.140 e. The third kappa shape index (κ3) is 2.07. The van der Waals surface area contributed by atoms with Gasteiger partial charge in [0.1, 0.15) is 12.0 Å². The van der Waals surface area contributed by atoms with Crippen molar-refractivity contribution in [1.29, 1.82) is 0 Å². The summed E-state index contributed by atoms with van der Waals surface area (Å²) in [5, 5.41) is 13.6. The Morgan fingerprint density at radius 3 is 2.79 bits per heavy atom. The lowest BCUT2D eigenvalue weighted by atomic mass is 10.1. The van der Waals surface area contributed by atoms with Gasteiger partial charge >= 0.3 is 0 Å². The second kappa shape index (κ2) is 4.60. The average Bonchev–Trinajstić information content (AvgIpc) is 2.77. The van der Waals surface area contributed by atoms with Crippen LogP contribution in [0.25, 0.3) is 5.70 Å². The van der Waals surface area contributed by atoms with Crippen LogP contribution in [-0.4, -0.2) is 29.0 Å². The Morgan fingerprint density at radius 1 is 1.37 bits per heavy atom. The van der Waals surface area contributed by atoms with Crippen LogP contribution in [0, 0.1) is 0 Å². The average molecular weight is 277 g/mol. The van der Waals surface area contributed by atoms with Gasteiger partial charge in [-0.2, -0.15) is 0 Å². The van der Waals surface area contributed by atoms with E-state index in [9.17, 15) is 5.11 Å². The van der Waals surface area contributed by atoms with E-state index >= 15 is 0 Å². The molecule has 2 heterocycles. The lowest BCUT2D eigenvalue weighted by molar-refractivity contribution is 0.284. The van der Waals surface area contributed by atoms with E-state index in [1.165, 1.54) is 0 Å². The number of halogens is 1. The molecule has 4 N–H and O–H groups in total. The number of nitrogens with zero attached hydrogens (tertiary/aromatic N) is 2. The first-order chi connectivity index (χ1) is 9.19. The van der Waals surface area contributed by atoms with Crippen molar-refractivity contribution in [1.82, 2.24) is 10.2 Å². The largest absolute Gasteiger partial charge is 0.390 e. The van der Waals surface area contributed by atoms with E-state index in [0.29, 0.717) is 10.8 Å². The first kappa shape index (κ1) is 12.1. The minimum Gasteiger partial charge on any atom is -0.390 e. The molecule has 3 rings (SSSR count). The quantitative estimate of drug-likeness (QED) is 0.756. The highest BCUT2D eigenvalue weighted by Gasteiger charge is 2.31. The monoisotopic (exact) mass is 276 g/mol. The van der Waals surface area contributed by atoms with Gasteiger partial charge in [-0.3, -0.25) is 0 Å². The fraction of sp³-hybridized carbons (Fsp3) is 0.154. The van der Waals surface area contributed by atoms with E-state index in [1.807, 2.05) is 29.2 Å². The van der Waals surface area contributed by atoms with Gasteiger partial charge in [0.25, 0.3) is 0 Å². The Labute approximate surface area is 115 Å². The van der Waals surface area contributed by atoms with Crippen LogP contribution in [0.1, 0.15) is 5.56 Å². The molecule has 1 unspecified atom stereocenters. The van der Waals surface area contributed by atoms with Crippen LogP contribution in [0.2, 0.25) is 5.02 Å². The molecule has 0 fully saturated rings. The predicted octanol–water partition coefficient (Wildman–Crippen LogP) is 1.07. The van der Waals surface area contributed by atoms with E-state index < -0.39 is 0 Å². The molecule has 0 aromatic heterocycles. The lowest BCUT2D eigenvalue weighted by Gasteiger charge is -2.24. The van der Waals surface area contributed by atoms with Gasteiger partial charge in [-0.05, 0) is 17.7 Å². The van der Waals surface area contributed by atoms with Crippen molar-refractivity contribution in [3.63, 3.8) is 0 Å². The predicted molar refractivity (Wildman–Crippen MR) is 75.0 cm³/mol. The van der Waals surface area contributed by atoms with Crippen LogP contribution in [-0.2, 0) is 0 Å². The number of aliphatic imine (C=N–C) groups is 1. The van der Waals surface area contributed by atoms with Crippen molar-refractivity contribution in [3.05, 3.63) is 52.6 Å². The summed E-state index contributed by atoms with van der Waals surface area (Å²) in [6.45, 7) is -0.0842. The molecule has 1 atom stereocenters. The van der Waals surface area contributed by atoms with Crippen LogP contribution in [0.4, 0.5) is 0 Å². The van der Waals surface area contributed by atoms with Crippen LogP contribution >= 0.6 is 11.6 Å². The fourth-order valence-corrected chi connectivity index (χ4v) is 2.35. The first-order valence-corrected chi connectivity index (χ1v) is 6.23. The number of nitrogens with two attached hydrogens (primary N) is 1. The van der Waals surface area contributed by atoms with Gasteiger partial charge in [-0.15, -0.1) is 0 Å². The van der Waals surface area contributed by atoms with Crippen molar-refractivity contribution in [2.24, 2.45) is 10.7 Å². The molecular formula is C13H13ClN4O. The minimum atomic E-state index is -0.111. The van der Waals surface area contributed by atoms with Gasteiger partial charge < -0.3 is 21.1 Å². The minimum absolute atomic E-state index is 0.0842. The maximum absolute atomic E-state index is 9.60. The molecule has 5 nitrogen and oxygen atoms in total. The molecule has 6 heteroatoms. The van der Waals surface area contributed by atoms with Crippen LogP contribution in [0.5, 0.6) is 0 Å². The summed E-state index contributed by atoms with van der Waals surface area (Å²) in [4.78, 5) is 5.95. The van der Waals surface area contributed by atoms with Gasteiger partial charge in [0.15, 0.2) is 0 Å². The maximum atomic E-state index is 9.60. The number of fused-ring (bicyclic) bond motifs is 1. The lowest BCUT2D eigenvalue weighted by Crippen LogP contribution is -2.38. The third-order valence-corrected chi connectivity index (χ3v) is 3.36. The molecule has 0 spiro atoms. The zero-order chi connectivity index (χ0) is 13.4. The second-order valence-corrected chi connectivity index (χ2v) is 4.75. The highest BCUT2D eigenvalue weighted by molar-refractivity contribution is 6.30. The smallest absolute Gasteiger partial charge is 0.140 e. The van der Waals surface area contributed by atoms with Crippen molar-refractivity contribution in [3.8, 4) is 0 Å². The Kier molecular flexibility index (Phi) is 2.93. The molecule has 0 saturated carbocycles. The number of nitrogens with one attached hydrogen (secondary N) is 1. The molecule has 98 valence electrons. The highest BCUT2D eigenvalue weighted by atomic mass is 35.5. The van der Waals surface area contributed by atoms with E-state index in [0.717, 1.165) is 17.0 Å². The molecule has 0 radical (unpaired) electrons. The summed E-state index contributed by atoms with van der Waals surface area (Å²) in [5.74, 6) is 0.418. The van der Waals surface area contributed by atoms with Crippen LogP contribution in [0.15, 0.2) is 47.0 Å². The second-order valence-electron chi connectivity index (χ2n) is 4.32. The summed E-state index contributed by atoms with van der Waals surface area (Å²) in [7, 11) is 0. The molecule has 2 aliphatic rings. The van der Waals surface area contributed by atoms with E-state index in [1.54, 1.807) is 12.4 Å². The number of benzene rings is 1. The number of aliphatic hydroxyl groups excluding tert-OH is 1. The van der Waals surface area contributed by atoms with E-state index in [-0.39, 0.29) is 12.8 Å². The molecular weight excluding hydrogens is 264 g/mol. The Balaban J connectivity index is 2.02. The van der Waals surface area contributed by atoms with E-state index in [2.05, 4.69) is 10.3 Å². The van der Waals surface area contributed by atoms with Gasteiger partial charge in [0, 0.05) is 17.4 Å². The molecule has 0 saturated heterocycles. The molecule has 1 aromatic carbocycles. The van der Waals surface area contributed by atoms with Gasteiger partial charge in [0.2, 0.25) is 0 Å². The summed E-state index contributed by atoms with van der Waals surface area (Å²) in [6.07, 6.45) is 3.32. The fourth-order valence-electron chi connectivity index (χ4n) is 2.22. The first-order valence-electron chi connectivity index (χ1n) is 5.85. The molecule has 1 aromatic rings. The van der Waals surface area contributed by atoms with Crippen LogP contribution < -0.4 is 11.1 Å². The van der Waals surface area contributed by atoms with Crippen LogP contribution in [0.3, 0.4) is 0 Å². The van der Waals surface area contributed by atoms with E-state index in [4.69, 9.17) is 17.3 Å². The SMILES string of the molecule is NC1=CN2C(CO)=C(c3ccc(Cl)cc3)NC2C=N1. The summed E-state index contributed by atoms with van der Waals surface area (Å²) in [6, 6.07) is 7.44. The normalized spacial score (nSPS) is 21.3.